The molecule has 2 aromatic rings. The molecule has 0 atom stereocenters. The first kappa shape index (κ1) is 22.1. The highest BCUT2D eigenvalue weighted by atomic mass is 16.5. The molecule has 0 spiro atoms. The van der Waals surface area contributed by atoms with Crippen LogP contribution in [0, 0.1) is 0 Å². The lowest BCUT2D eigenvalue weighted by atomic mass is 10.0. The van der Waals surface area contributed by atoms with Crippen molar-refractivity contribution >= 4 is 16.7 Å². The zero-order chi connectivity index (χ0) is 21.6. The van der Waals surface area contributed by atoms with Gasteiger partial charge in [0.25, 0.3) is 5.91 Å². The van der Waals surface area contributed by atoms with E-state index in [-0.39, 0.29) is 12.0 Å². The Morgan fingerprint density at radius 1 is 1.00 bits per heavy atom. The number of piperidine rings is 2. The number of benzene rings is 2. The summed E-state index contributed by atoms with van der Waals surface area (Å²) in [4.78, 5) is 17.5. The molecule has 0 radical (unpaired) electrons. The van der Waals surface area contributed by atoms with Crippen LogP contribution in [0.4, 0.5) is 0 Å². The molecule has 2 heterocycles. The average Bonchev–Trinajstić information content (AvgIpc) is 2.79. The molecule has 2 aliphatic heterocycles. The predicted molar refractivity (Wildman–Crippen MR) is 127 cm³/mol. The highest BCUT2D eigenvalue weighted by Gasteiger charge is 2.22. The molecule has 0 bridgehead atoms. The first-order valence-electron chi connectivity index (χ1n) is 12.0. The molecule has 0 aliphatic carbocycles. The first-order chi connectivity index (χ1) is 15.1. The van der Waals surface area contributed by atoms with E-state index < -0.39 is 0 Å². The van der Waals surface area contributed by atoms with Crippen LogP contribution in [-0.2, 0) is 0 Å². The highest BCUT2D eigenvalue weighted by Crippen LogP contribution is 2.25. The van der Waals surface area contributed by atoms with Gasteiger partial charge < -0.3 is 19.9 Å². The topological polar surface area (TPSA) is 44.8 Å². The summed E-state index contributed by atoms with van der Waals surface area (Å²) >= 11 is 0. The molecule has 2 fully saturated rings. The van der Waals surface area contributed by atoms with Crippen LogP contribution in [0.3, 0.4) is 0 Å². The third-order valence-electron chi connectivity index (χ3n) is 6.75. The zero-order valence-corrected chi connectivity index (χ0v) is 19.1. The van der Waals surface area contributed by atoms with Gasteiger partial charge in [-0.05, 0) is 87.7 Å². The molecule has 2 aromatic carbocycles. The van der Waals surface area contributed by atoms with Crippen molar-refractivity contribution in [1.29, 1.82) is 0 Å². The summed E-state index contributed by atoms with van der Waals surface area (Å²) in [5.74, 6) is 0.936. The minimum Gasteiger partial charge on any atom is -0.490 e. The van der Waals surface area contributed by atoms with Gasteiger partial charge in [-0.15, -0.1) is 0 Å². The lowest BCUT2D eigenvalue weighted by Gasteiger charge is -2.34. The van der Waals surface area contributed by atoms with E-state index in [0.29, 0.717) is 12.6 Å². The predicted octanol–water partition coefficient (Wildman–Crippen LogP) is 4.31. The Balaban J connectivity index is 1.30. The average molecular weight is 424 g/mol. The molecule has 1 N–H and O–H groups in total. The van der Waals surface area contributed by atoms with Gasteiger partial charge in [-0.2, -0.15) is 0 Å². The zero-order valence-electron chi connectivity index (χ0n) is 19.1. The molecule has 0 unspecified atom stereocenters. The molecule has 1 amide bonds. The van der Waals surface area contributed by atoms with E-state index in [1.807, 2.05) is 24.3 Å². The monoisotopic (exact) mass is 423 g/mol. The van der Waals surface area contributed by atoms with E-state index in [1.54, 1.807) is 0 Å². The summed E-state index contributed by atoms with van der Waals surface area (Å²) in [6.07, 6.45) is 6.34. The molecule has 0 aromatic heterocycles. The lowest BCUT2D eigenvalue weighted by molar-refractivity contribution is 0.0844. The van der Waals surface area contributed by atoms with Gasteiger partial charge in [0.2, 0.25) is 0 Å². The quantitative estimate of drug-likeness (QED) is 0.721. The number of carbonyl (C=O) groups excluding carboxylic acids is 1. The van der Waals surface area contributed by atoms with Gasteiger partial charge >= 0.3 is 0 Å². The van der Waals surface area contributed by atoms with E-state index in [1.165, 1.54) is 19.3 Å². The van der Waals surface area contributed by atoms with Gasteiger partial charge in [0.15, 0.2) is 0 Å². The Labute approximate surface area is 186 Å². The highest BCUT2D eigenvalue weighted by molar-refractivity contribution is 5.98. The normalized spacial score (nSPS) is 19.1. The number of ether oxygens (including phenoxy) is 1. The number of hydrogen-bond acceptors (Lipinski definition) is 4. The van der Waals surface area contributed by atoms with Crippen molar-refractivity contribution in [1.82, 2.24) is 15.1 Å². The Morgan fingerprint density at radius 3 is 2.45 bits per heavy atom. The second kappa shape index (κ2) is 10.5. The Morgan fingerprint density at radius 2 is 1.71 bits per heavy atom. The molecule has 5 nitrogen and oxygen atoms in total. The van der Waals surface area contributed by atoms with Crippen molar-refractivity contribution in [3.8, 4) is 5.75 Å². The van der Waals surface area contributed by atoms with E-state index in [4.69, 9.17) is 4.74 Å². The van der Waals surface area contributed by atoms with Crippen molar-refractivity contribution in [3.63, 3.8) is 0 Å². The van der Waals surface area contributed by atoms with Crippen molar-refractivity contribution < 1.29 is 9.53 Å². The van der Waals surface area contributed by atoms with Crippen molar-refractivity contribution in [2.75, 3.05) is 39.3 Å². The number of nitrogens with one attached hydrogen (secondary N) is 1. The fraction of sp³-hybridized carbons (Fsp3) is 0.577. The van der Waals surface area contributed by atoms with Crippen LogP contribution in [0.1, 0.15) is 56.3 Å². The van der Waals surface area contributed by atoms with Gasteiger partial charge in [0.1, 0.15) is 11.9 Å². The maximum Gasteiger partial charge on any atom is 0.251 e. The van der Waals surface area contributed by atoms with Gasteiger partial charge in [-0.1, -0.05) is 18.6 Å². The molecule has 0 saturated carbocycles. The maximum absolute atomic E-state index is 12.6. The summed E-state index contributed by atoms with van der Waals surface area (Å²) < 4.78 is 6.27. The SMILES string of the molecule is CC(C)N1CCC(Oc2ccc3cc(C(=O)NCCN4CCCCC4)ccc3c2)CC1. The lowest BCUT2D eigenvalue weighted by Crippen LogP contribution is -2.41. The number of hydrogen-bond donors (Lipinski definition) is 1. The third-order valence-corrected chi connectivity index (χ3v) is 6.75. The fourth-order valence-corrected chi connectivity index (χ4v) is 4.75. The first-order valence-corrected chi connectivity index (χ1v) is 12.0. The van der Waals surface area contributed by atoms with E-state index in [2.05, 4.69) is 41.1 Å². The number of fused-ring (bicyclic) bond motifs is 1. The standard InChI is InChI=1S/C26H37N3O2/c1-20(2)29-15-10-24(11-16-29)31-25-9-8-21-18-23(7-6-22(21)19-25)26(30)27-12-17-28-13-4-3-5-14-28/h6-9,18-20,24H,3-5,10-17H2,1-2H3,(H,27,30). The molecule has 2 aliphatic rings. The molecular weight excluding hydrogens is 386 g/mol. The Kier molecular flexibility index (Phi) is 7.46. The van der Waals surface area contributed by atoms with Crippen LogP contribution in [0.25, 0.3) is 10.8 Å². The van der Waals surface area contributed by atoms with Crippen LogP contribution in [-0.4, -0.2) is 67.1 Å². The second-order valence-corrected chi connectivity index (χ2v) is 9.33. The van der Waals surface area contributed by atoms with Crippen molar-refractivity contribution in [2.24, 2.45) is 0 Å². The summed E-state index contributed by atoms with van der Waals surface area (Å²) in [6.45, 7) is 10.7. The van der Waals surface area contributed by atoms with Gasteiger partial charge in [0.05, 0.1) is 0 Å². The third kappa shape index (κ3) is 5.98. The van der Waals surface area contributed by atoms with Crippen LogP contribution in [0.5, 0.6) is 5.75 Å². The molecular formula is C26H37N3O2. The Bertz CT molecular complexity index is 868. The molecule has 2 saturated heterocycles. The molecule has 168 valence electrons. The molecule has 31 heavy (non-hydrogen) atoms. The van der Waals surface area contributed by atoms with Gasteiger partial charge in [0, 0.05) is 37.8 Å². The smallest absolute Gasteiger partial charge is 0.251 e. The number of likely N-dealkylation sites (tertiary alicyclic amines) is 2. The van der Waals surface area contributed by atoms with Crippen molar-refractivity contribution in [2.45, 2.75) is 58.1 Å². The fourth-order valence-electron chi connectivity index (χ4n) is 4.75. The minimum absolute atomic E-state index is 0.0103. The van der Waals surface area contributed by atoms with Crippen LogP contribution >= 0.6 is 0 Å². The van der Waals surface area contributed by atoms with E-state index >= 15 is 0 Å². The number of carbonyl (C=O) groups is 1. The largest absolute Gasteiger partial charge is 0.490 e. The van der Waals surface area contributed by atoms with Crippen LogP contribution < -0.4 is 10.1 Å². The Hall–Kier alpha value is -2.11. The van der Waals surface area contributed by atoms with Crippen LogP contribution in [0.15, 0.2) is 36.4 Å². The van der Waals surface area contributed by atoms with Gasteiger partial charge in [-0.3, -0.25) is 4.79 Å². The summed E-state index contributed by atoms with van der Waals surface area (Å²) in [5, 5.41) is 5.27. The molecule has 4 rings (SSSR count). The van der Waals surface area contributed by atoms with Crippen LogP contribution in [0.2, 0.25) is 0 Å². The van der Waals surface area contributed by atoms with Gasteiger partial charge in [-0.25, -0.2) is 0 Å². The number of amides is 1. The van der Waals surface area contributed by atoms with E-state index in [9.17, 15) is 4.79 Å². The number of nitrogens with zero attached hydrogens (tertiary/aromatic N) is 2. The second-order valence-electron chi connectivity index (χ2n) is 9.33. The van der Waals surface area contributed by atoms with E-state index in [0.717, 1.165) is 67.7 Å². The summed E-state index contributed by atoms with van der Waals surface area (Å²) in [5.41, 5.74) is 0.723. The maximum atomic E-state index is 12.6. The number of rotatable bonds is 7. The summed E-state index contributed by atoms with van der Waals surface area (Å²) in [7, 11) is 0. The summed E-state index contributed by atoms with van der Waals surface area (Å²) in [6, 6.07) is 12.7. The van der Waals surface area contributed by atoms with Crippen molar-refractivity contribution in [3.05, 3.63) is 42.0 Å². The molecule has 5 heteroatoms. The minimum atomic E-state index is 0.0103.